The molecule has 1 spiro atoms. The van der Waals surface area contributed by atoms with E-state index in [-0.39, 0.29) is 48.2 Å². The molecule has 1 fully saturated rings. The van der Waals surface area contributed by atoms with Crippen molar-refractivity contribution in [1.29, 1.82) is 0 Å². The summed E-state index contributed by atoms with van der Waals surface area (Å²) in [4.78, 5) is 29.0. The number of amides is 2. The minimum absolute atomic E-state index is 0.0549. The maximum atomic E-state index is 14.1. The largest absolute Gasteiger partial charge is 0.490 e. The fourth-order valence-electron chi connectivity index (χ4n) is 7.49. The number of methoxy groups -OCH3 is 1. The Morgan fingerprint density at radius 2 is 2.04 bits per heavy atom. The number of aryl methyl sites for hydroxylation is 1. The van der Waals surface area contributed by atoms with Crippen LogP contribution >= 0.6 is 11.6 Å². The molecular weight excluding hydrogens is 638 g/mol. The molecule has 2 aromatic carbocycles. The van der Waals surface area contributed by atoms with Crippen LogP contribution in [-0.4, -0.2) is 67.9 Å². The molecule has 6 rings (SSSR count). The summed E-state index contributed by atoms with van der Waals surface area (Å²) in [5.74, 6) is -0.180. The molecule has 1 saturated heterocycles. The van der Waals surface area contributed by atoms with Gasteiger partial charge in [0.15, 0.2) is 0 Å². The number of benzene rings is 2. The SMILES string of the molecule is CC[C@H]1CN2C[C@@]3(CCCc4cc(Cl)ccc43)COc3ccc(cc32)C(=O)N=S(=O)(NC(=O)C2COC2)CCC/C=C/[C@H](OC)[C@@H]1C. The first-order valence-corrected chi connectivity index (χ1v) is 18.9. The summed E-state index contributed by atoms with van der Waals surface area (Å²) in [5.41, 5.74) is 3.39. The Bertz CT molecular complexity index is 1650. The molecule has 4 aliphatic rings. The van der Waals surface area contributed by atoms with E-state index >= 15 is 0 Å². The van der Waals surface area contributed by atoms with Crippen molar-refractivity contribution in [3.05, 3.63) is 70.3 Å². The van der Waals surface area contributed by atoms with Crippen LogP contribution in [0.4, 0.5) is 5.69 Å². The molecule has 1 unspecified atom stereocenters. The van der Waals surface area contributed by atoms with Gasteiger partial charge in [-0.15, -0.1) is 4.36 Å². The van der Waals surface area contributed by atoms with E-state index in [1.807, 2.05) is 24.3 Å². The summed E-state index contributed by atoms with van der Waals surface area (Å²) in [6, 6.07) is 11.6. The van der Waals surface area contributed by atoms with Crippen molar-refractivity contribution in [2.24, 2.45) is 22.1 Å². The van der Waals surface area contributed by atoms with Gasteiger partial charge in [-0.25, -0.2) is 4.21 Å². The Labute approximate surface area is 283 Å². The second-order valence-corrected chi connectivity index (χ2v) is 16.0. The van der Waals surface area contributed by atoms with Crippen molar-refractivity contribution in [3.8, 4) is 5.75 Å². The molecule has 254 valence electrons. The first-order valence-electron chi connectivity index (χ1n) is 16.8. The van der Waals surface area contributed by atoms with Crippen LogP contribution in [-0.2, 0) is 36.0 Å². The quantitative estimate of drug-likeness (QED) is 0.387. The van der Waals surface area contributed by atoms with Gasteiger partial charge in [-0.1, -0.05) is 50.1 Å². The van der Waals surface area contributed by atoms with Crippen LogP contribution in [0.1, 0.15) is 67.4 Å². The highest BCUT2D eigenvalue weighted by Crippen LogP contribution is 2.45. The number of anilines is 1. The highest BCUT2D eigenvalue weighted by atomic mass is 35.5. The first kappa shape index (κ1) is 34.0. The van der Waals surface area contributed by atoms with Crippen molar-refractivity contribution in [2.75, 3.05) is 50.7 Å². The molecule has 2 amide bonds. The van der Waals surface area contributed by atoms with Crippen molar-refractivity contribution in [3.63, 3.8) is 0 Å². The number of carbonyl (C=O) groups excluding carboxylic acids is 2. The second-order valence-electron chi connectivity index (χ2n) is 13.5. The van der Waals surface area contributed by atoms with Crippen molar-refractivity contribution in [2.45, 2.75) is 63.9 Å². The van der Waals surface area contributed by atoms with Crippen LogP contribution in [0.15, 0.2) is 52.9 Å². The normalized spacial score (nSPS) is 30.7. The van der Waals surface area contributed by atoms with E-state index in [0.29, 0.717) is 37.3 Å². The molecular formula is C36H46ClN3O6S. The third-order valence-corrected chi connectivity index (χ3v) is 12.5. The molecule has 3 heterocycles. The summed E-state index contributed by atoms with van der Waals surface area (Å²) < 4.78 is 38.7. The molecule has 47 heavy (non-hydrogen) atoms. The summed E-state index contributed by atoms with van der Waals surface area (Å²) in [5, 5.41) is 0.739. The van der Waals surface area contributed by atoms with Crippen LogP contribution in [0, 0.1) is 17.8 Å². The van der Waals surface area contributed by atoms with E-state index in [9.17, 15) is 13.8 Å². The van der Waals surface area contributed by atoms with Gasteiger partial charge in [-0.2, -0.15) is 0 Å². The zero-order valence-corrected chi connectivity index (χ0v) is 29.1. The molecule has 0 radical (unpaired) electrons. The average Bonchev–Trinajstić information content (AvgIpc) is 3.16. The number of fused-ring (bicyclic) bond motifs is 3. The summed E-state index contributed by atoms with van der Waals surface area (Å²) in [6.45, 7) is 6.94. The zero-order valence-electron chi connectivity index (χ0n) is 27.5. The minimum Gasteiger partial charge on any atom is -0.490 e. The lowest BCUT2D eigenvalue weighted by Gasteiger charge is -2.42. The highest BCUT2D eigenvalue weighted by Gasteiger charge is 2.42. The Balaban J connectivity index is 1.44. The van der Waals surface area contributed by atoms with Gasteiger partial charge < -0.3 is 19.1 Å². The second kappa shape index (κ2) is 14.3. The molecule has 11 heteroatoms. The number of hydrogen-bond donors (Lipinski definition) is 1. The number of rotatable bonds is 4. The van der Waals surface area contributed by atoms with Crippen LogP contribution in [0.3, 0.4) is 0 Å². The van der Waals surface area contributed by atoms with Gasteiger partial charge in [0.25, 0.3) is 5.91 Å². The maximum Gasteiger partial charge on any atom is 0.286 e. The van der Waals surface area contributed by atoms with Crippen LogP contribution < -0.4 is 14.4 Å². The van der Waals surface area contributed by atoms with Crippen molar-refractivity contribution < 1.29 is 28.0 Å². The Hall–Kier alpha value is -2.92. The third kappa shape index (κ3) is 7.26. The number of hydrogen-bond acceptors (Lipinski definition) is 7. The monoisotopic (exact) mass is 683 g/mol. The van der Waals surface area contributed by atoms with Crippen LogP contribution in [0.25, 0.3) is 0 Å². The van der Waals surface area contributed by atoms with E-state index in [1.165, 1.54) is 11.1 Å². The van der Waals surface area contributed by atoms with Crippen LogP contribution in [0.5, 0.6) is 5.75 Å². The standard InChI is InChI=1S/C36H46ClN3O6S/c1-4-25-19-40-22-36(15-8-9-26-17-29(37)12-13-30(26)36)23-46-33-14-11-27(18-31(33)40)34(41)38-47(43,39-35(42)28-20-45-21-28)16-7-5-6-10-32(44-3)24(25)2/h6,10-14,17-18,24-25,28,32H,4-5,7-9,15-16,19-23H2,1-3H3,(H,38,39,41,42,43)/b10-6+/t24-,25+,32+,36+,47?/m1/s1. The Morgan fingerprint density at radius 3 is 2.79 bits per heavy atom. The van der Waals surface area contributed by atoms with E-state index in [2.05, 4.69) is 46.0 Å². The van der Waals surface area contributed by atoms with E-state index in [4.69, 9.17) is 25.8 Å². The van der Waals surface area contributed by atoms with Crippen LogP contribution in [0.2, 0.25) is 5.02 Å². The predicted octanol–water partition coefficient (Wildman–Crippen LogP) is 6.13. The maximum absolute atomic E-state index is 14.1. The molecule has 3 aliphatic heterocycles. The lowest BCUT2D eigenvalue weighted by Crippen LogP contribution is -2.47. The number of halogens is 1. The number of allylic oxidation sites excluding steroid dienone is 1. The average molecular weight is 684 g/mol. The van der Waals surface area contributed by atoms with Crippen molar-refractivity contribution >= 4 is 39.0 Å². The molecule has 9 nitrogen and oxygen atoms in total. The number of ether oxygens (including phenoxy) is 3. The number of carbonyl (C=O) groups is 2. The first-order chi connectivity index (χ1) is 22.6. The molecule has 1 N–H and O–H groups in total. The van der Waals surface area contributed by atoms with Gasteiger partial charge in [0, 0.05) is 36.2 Å². The van der Waals surface area contributed by atoms with Gasteiger partial charge in [-0.05, 0) is 85.4 Å². The zero-order chi connectivity index (χ0) is 33.2. The number of nitrogens with zero attached hydrogens (tertiary/aromatic N) is 2. The molecule has 2 bridgehead atoms. The van der Waals surface area contributed by atoms with Crippen molar-refractivity contribution in [1.82, 2.24) is 4.72 Å². The van der Waals surface area contributed by atoms with Gasteiger partial charge in [-0.3, -0.25) is 14.3 Å². The van der Waals surface area contributed by atoms with Gasteiger partial charge >= 0.3 is 0 Å². The Kier molecular flexibility index (Phi) is 10.3. The fraction of sp³-hybridized carbons (Fsp3) is 0.556. The molecule has 0 aromatic heterocycles. The van der Waals surface area contributed by atoms with E-state index in [1.54, 1.807) is 13.2 Å². The molecule has 2 aromatic rings. The smallest absolute Gasteiger partial charge is 0.286 e. The summed E-state index contributed by atoms with van der Waals surface area (Å²) in [6.07, 6.45) is 9.05. The predicted molar refractivity (Wildman–Crippen MR) is 185 cm³/mol. The minimum atomic E-state index is -3.38. The molecule has 5 atom stereocenters. The Morgan fingerprint density at radius 1 is 1.21 bits per heavy atom. The lowest BCUT2D eigenvalue weighted by molar-refractivity contribution is -0.136. The highest BCUT2D eigenvalue weighted by molar-refractivity contribution is 7.92. The van der Waals surface area contributed by atoms with Gasteiger partial charge in [0.05, 0.1) is 43.3 Å². The topological polar surface area (TPSA) is 107 Å². The van der Waals surface area contributed by atoms with Gasteiger partial charge in [0.2, 0.25) is 5.91 Å². The van der Waals surface area contributed by atoms with E-state index in [0.717, 1.165) is 42.9 Å². The number of nitrogens with one attached hydrogen (secondary N) is 1. The third-order valence-electron chi connectivity index (χ3n) is 10.4. The fourth-order valence-corrected chi connectivity index (χ4v) is 9.34. The molecule has 0 saturated carbocycles. The lowest BCUT2D eigenvalue weighted by atomic mass is 9.70. The van der Waals surface area contributed by atoms with E-state index < -0.39 is 21.7 Å². The summed E-state index contributed by atoms with van der Waals surface area (Å²) >= 11 is 6.44. The van der Waals surface area contributed by atoms with Gasteiger partial charge in [0.1, 0.15) is 15.7 Å². The summed E-state index contributed by atoms with van der Waals surface area (Å²) in [7, 11) is -1.64. The molecule has 1 aliphatic carbocycles.